The molecule has 0 aliphatic carbocycles. The number of carbonyl (C=O) groups excluding carboxylic acids is 4. The summed E-state index contributed by atoms with van der Waals surface area (Å²) in [7, 11) is 0. The van der Waals surface area contributed by atoms with E-state index in [0.29, 0.717) is 5.56 Å². The third kappa shape index (κ3) is 3.58. The van der Waals surface area contributed by atoms with E-state index in [1.165, 1.54) is 6.92 Å². The van der Waals surface area contributed by atoms with Gasteiger partial charge in [0.1, 0.15) is 0 Å². The molecular weight excluding hydrogens is 370 g/mol. The second-order valence-corrected chi connectivity index (χ2v) is 7.03. The first-order valence-electron chi connectivity index (χ1n) is 9.64. The molecule has 3 rings (SSSR count). The largest absolute Gasteiger partial charge is 0.460 e. The number of ether oxygens (including phenoxy) is 1. The first-order valence-corrected chi connectivity index (χ1v) is 9.64. The maximum absolute atomic E-state index is 12.4. The van der Waals surface area contributed by atoms with Crippen LogP contribution in [0.25, 0.3) is 21.8 Å². The van der Waals surface area contributed by atoms with Crippen molar-refractivity contribution in [2.45, 2.75) is 40.2 Å². The van der Waals surface area contributed by atoms with Crippen LogP contribution in [0.5, 0.6) is 0 Å². The number of hydrogen-bond donors (Lipinski definition) is 0. The summed E-state index contributed by atoms with van der Waals surface area (Å²) in [5.74, 6) is -2.71. The van der Waals surface area contributed by atoms with E-state index in [4.69, 9.17) is 4.74 Å². The average molecular weight is 393 g/mol. The van der Waals surface area contributed by atoms with Crippen LogP contribution in [0.2, 0.25) is 0 Å². The van der Waals surface area contributed by atoms with Gasteiger partial charge in [-0.3, -0.25) is 14.4 Å². The number of hydrogen-bond acceptors (Lipinski definition) is 5. The van der Waals surface area contributed by atoms with E-state index in [1.54, 1.807) is 37.3 Å². The van der Waals surface area contributed by atoms with E-state index in [2.05, 4.69) is 18.4 Å². The predicted octanol–water partition coefficient (Wildman–Crippen LogP) is 4.28. The highest BCUT2D eigenvalue weighted by molar-refractivity contribution is 6.43. The predicted molar refractivity (Wildman–Crippen MR) is 110 cm³/mol. The van der Waals surface area contributed by atoms with Crippen molar-refractivity contribution >= 4 is 45.1 Å². The topological polar surface area (TPSA) is 82.4 Å². The van der Waals surface area contributed by atoms with Crippen molar-refractivity contribution in [1.29, 1.82) is 0 Å². The molecule has 0 amide bonds. The number of carbonyl (C=O) groups is 4. The van der Waals surface area contributed by atoms with Gasteiger partial charge in [-0.2, -0.15) is 0 Å². The molecule has 0 spiro atoms. The summed E-state index contributed by atoms with van der Waals surface area (Å²) in [4.78, 5) is 48.0. The van der Waals surface area contributed by atoms with Crippen molar-refractivity contribution in [3.63, 3.8) is 0 Å². The molecule has 0 radical (unpaired) electrons. The van der Waals surface area contributed by atoms with E-state index in [-0.39, 0.29) is 18.2 Å². The number of rotatable bonds is 7. The number of Topliss-reactive ketones (excluding diaryl/α,β-unsaturated/α-hetero) is 3. The van der Waals surface area contributed by atoms with Gasteiger partial charge in [-0.1, -0.05) is 6.92 Å². The third-order valence-corrected chi connectivity index (χ3v) is 5.14. The first-order chi connectivity index (χ1) is 13.8. The van der Waals surface area contributed by atoms with E-state index in [9.17, 15) is 19.2 Å². The van der Waals surface area contributed by atoms with Crippen LogP contribution in [0.3, 0.4) is 0 Å². The van der Waals surface area contributed by atoms with Crippen LogP contribution in [0.4, 0.5) is 0 Å². The molecule has 150 valence electrons. The Morgan fingerprint density at radius 1 is 0.897 bits per heavy atom. The molecule has 1 unspecified atom stereocenters. The van der Waals surface area contributed by atoms with E-state index < -0.39 is 23.3 Å². The quantitative estimate of drug-likeness (QED) is 0.340. The second-order valence-electron chi connectivity index (χ2n) is 7.03. The molecular formula is C23H23NO5. The molecule has 0 bridgehead atoms. The van der Waals surface area contributed by atoms with Crippen LogP contribution < -0.4 is 0 Å². The Morgan fingerprint density at radius 2 is 1.41 bits per heavy atom. The molecule has 2 aromatic carbocycles. The fraction of sp³-hybridized carbons (Fsp3) is 0.304. The van der Waals surface area contributed by atoms with Crippen molar-refractivity contribution in [1.82, 2.24) is 4.57 Å². The molecule has 0 aliphatic heterocycles. The summed E-state index contributed by atoms with van der Waals surface area (Å²) in [6, 6.07) is 10.4. The molecule has 6 heteroatoms. The van der Waals surface area contributed by atoms with Gasteiger partial charge in [-0.15, -0.1) is 0 Å². The van der Waals surface area contributed by atoms with Gasteiger partial charge in [0.05, 0.1) is 6.61 Å². The van der Waals surface area contributed by atoms with Gasteiger partial charge in [0.15, 0.2) is 5.78 Å². The zero-order chi connectivity index (χ0) is 21.3. The minimum absolute atomic E-state index is 0.122. The van der Waals surface area contributed by atoms with Crippen LogP contribution in [0.1, 0.15) is 60.9 Å². The first kappa shape index (κ1) is 20.5. The minimum atomic E-state index is -0.898. The second kappa shape index (κ2) is 7.99. The Kier molecular flexibility index (Phi) is 5.64. The maximum atomic E-state index is 12.4. The number of fused-ring (bicyclic) bond motifs is 3. The lowest BCUT2D eigenvalue weighted by Gasteiger charge is -2.15. The number of aromatic nitrogens is 1. The molecule has 1 heterocycles. The Hall–Kier alpha value is -3.28. The van der Waals surface area contributed by atoms with Gasteiger partial charge in [0.25, 0.3) is 5.78 Å². The van der Waals surface area contributed by atoms with Gasteiger partial charge in [-0.05, 0) is 56.7 Å². The standard InChI is InChI=1S/C23H23NO5/c1-5-13(3)24-19-9-7-15(21(26)14(4)25)11-17(19)18-12-16(8-10-20(18)24)22(27)23(28)29-6-2/h7-13H,5-6H2,1-4H3. The maximum Gasteiger partial charge on any atom is 0.379 e. The molecule has 0 fully saturated rings. The van der Waals surface area contributed by atoms with Crippen LogP contribution >= 0.6 is 0 Å². The SMILES string of the molecule is CCOC(=O)C(=O)c1ccc2c(c1)c1cc(C(=O)C(C)=O)ccc1n2C(C)CC. The Balaban J connectivity index is 2.29. The molecule has 0 saturated heterocycles. The Bertz CT molecular complexity index is 1150. The fourth-order valence-corrected chi connectivity index (χ4v) is 3.51. The van der Waals surface area contributed by atoms with Gasteiger partial charge in [0, 0.05) is 45.9 Å². The lowest BCUT2D eigenvalue weighted by atomic mass is 10.0. The zero-order valence-electron chi connectivity index (χ0n) is 16.9. The summed E-state index contributed by atoms with van der Waals surface area (Å²) in [6.45, 7) is 7.17. The highest BCUT2D eigenvalue weighted by atomic mass is 16.5. The molecule has 3 aromatic rings. The summed E-state index contributed by atoms with van der Waals surface area (Å²) < 4.78 is 6.96. The molecule has 6 nitrogen and oxygen atoms in total. The van der Waals surface area contributed by atoms with Gasteiger partial charge >= 0.3 is 5.97 Å². The summed E-state index contributed by atoms with van der Waals surface area (Å²) in [6.07, 6.45) is 0.885. The van der Waals surface area contributed by atoms with E-state index >= 15 is 0 Å². The molecule has 0 aliphatic rings. The minimum Gasteiger partial charge on any atom is -0.460 e. The Morgan fingerprint density at radius 3 is 1.86 bits per heavy atom. The lowest BCUT2D eigenvalue weighted by molar-refractivity contribution is -0.137. The monoisotopic (exact) mass is 393 g/mol. The summed E-state index contributed by atoms with van der Waals surface area (Å²) in [5, 5.41) is 1.50. The molecule has 0 N–H and O–H groups in total. The number of benzene rings is 2. The number of nitrogens with zero attached hydrogens (tertiary/aromatic N) is 1. The van der Waals surface area contributed by atoms with Crippen molar-refractivity contribution < 1.29 is 23.9 Å². The number of esters is 1. The van der Waals surface area contributed by atoms with Crippen LogP contribution in [-0.2, 0) is 14.3 Å². The molecule has 1 atom stereocenters. The lowest BCUT2D eigenvalue weighted by Crippen LogP contribution is -2.17. The Labute approximate surface area is 168 Å². The van der Waals surface area contributed by atoms with Crippen LogP contribution in [-0.4, -0.2) is 34.5 Å². The van der Waals surface area contributed by atoms with Crippen molar-refractivity contribution in [2.75, 3.05) is 6.61 Å². The average Bonchev–Trinajstić information content (AvgIpc) is 3.05. The fourth-order valence-electron chi connectivity index (χ4n) is 3.51. The van der Waals surface area contributed by atoms with Crippen molar-refractivity contribution in [3.05, 3.63) is 47.5 Å². The number of ketones is 3. The van der Waals surface area contributed by atoms with Gasteiger partial charge in [0.2, 0.25) is 5.78 Å². The molecule has 1 aromatic heterocycles. The summed E-state index contributed by atoms with van der Waals surface area (Å²) in [5.41, 5.74) is 2.31. The van der Waals surface area contributed by atoms with E-state index in [0.717, 1.165) is 28.2 Å². The molecule has 0 saturated carbocycles. The zero-order valence-corrected chi connectivity index (χ0v) is 16.9. The summed E-state index contributed by atoms with van der Waals surface area (Å²) >= 11 is 0. The highest BCUT2D eigenvalue weighted by Gasteiger charge is 2.22. The van der Waals surface area contributed by atoms with Gasteiger partial charge in [-0.25, -0.2) is 4.79 Å². The normalized spacial score (nSPS) is 12.1. The van der Waals surface area contributed by atoms with Crippen molar-refractivity contribution in [3.8, 4) is 0 Å². The van der Waals surface area contributed by atoms with Crippen molar-refractivity contribution in [2.24, 2.45) is 0 Å². The van der Waals surface area contributed by atoms with Crippen LogP contribution in [0.15, 0.2) is 36.4 Å². The van der Waals surface area contributed by atoms with Crippen LogP contribution in [0, 0.1) is 0 Å². The van der Waals surface area contributed by atoms with Gasteiger partial charge < -0.3 is 9.30 Å². The smallest absolute Gasteiger partial charge is 0.379 e. The van der Waals surface area contributed by atoms with E-state index in [1.807, 2.05) is 6.07 Å². The molecule has 29 heavy (non-hydrogen) atoms. The third-order valence-electron chi connectivity index (χ3n) is 5.14. The highest BCUT2D eigenvalue weighted by Crippen LogP contribution is 2.34.